The molecule has 6 heteroatoms. The number of halogens is 2. The number of rotatable bonds is 4. The minimum atomic E-state index is -0.461. The molecule has 2 aromatic carbocycles. The highest BCUT2D eigenvalue weighted by Crippen LogP contribution is 2.39. The van der Waals surface area contributed by atoms with Gasteiger partial charge in [-0.1, -0.05) is 6.07 Å². The van der Waals surface area contributed by atoms with Crippen molar-refractivity contribution in [3.8, 4) is 22.6 Å². The average molecular weight is 414 g/mol. The summed E-state index contributed by atoms with van der Waals surface area (Å²) in [5.74, 6) is 0.191. The minimum absolute atomic E-state index is 0.113. The molecule has 0 fully saturated rings. The van der Waals surface area contributed by atoms with Crippen LogP contribution in [0.3, 0.4) is 0 Å². The number of hydrogen-bond acceptors (Lipinski definition) is 4. The van der Waals surface area contributed by atoms with Gasteiger partial charge in [-0.05, 0) is 47.2 Å². The molecule has 116 valence electrons. The number of ether oxygens (including phenoxy) is 2. The van der Waals surface area contributed by atoms with Crippen LogP contribution in [0, 0.1) is 18.2 Å². The van der Waals surface area contributed by atoms with Crippen LogP contribution in [-0.4, -0.2) is 17.9 Å². The molecule has 0 aromatic heterocycles. The number of hydrogen-bond donors (Lipinski definition) is 2. The molecule has 3 N–H and O–H groups in total. The molecule has 0 radical (unpaired) electrons. The summed E-state index contributed by atoms with van der Waals surface area (Å²) >= 11 is 1.89. The maximum absolute atomic E-state index is 14.7. The largest absolute Gasteiger partial charge is 0.496 e. The van der Waals surface area contributed by atoms with Crippen molar-refractivity contribution in [2.75, 3.05) is 20.0 Å². The van der Waals surface area contributed by atoms with E-state index in [9.17, 15) is 4.39 Å². The summed E-state index contributed by atoms with van der Waals surface area (Å²) in [4.78, 5) is 0. The van der Waals surface area contributed by atoms with Gasteiger partial charge in [-0.25, -0.2) is 4.39 Å². The van der Waals surface area contributed by atoms with Gasteiger partial charge in [0.15, 0.2) is 11.6 Å². The third-order valence-corrected chi connectivity index (χ3v) is 4.04. The maximum atomic E-state index is 14.7. The van der Waals surface area contributed by atoms with E-state index in [2.05, 4.69) is 0 Å². The van der Waals surface area contributed by atoms with Gasteiger partial charge in [0, 0.05) is 28.4 Å². The van der Waals surface area contributed by atoms with Crippen molar-refractivity contribution < 1.29 is 13.9 Å². The topological polar surface area (TPSA) is 68.3 Å². The van der Waals surface area contributed by atoms with Crippen LogP contribution < -0.4 is 15.2 Å². The molecular weight excluding hydrogens is 398 g/mol. The number of anilines is 1. The normalized spacial score (nSPS) is 10.4. The highest BCUT2D eigenvalue weighted by atomic mass is 127. The Hall–Kier alpha value is -1.83. The third kappa shape index (κ3) is 2.87. The second kappa shape index (κ2) is 6.51. The van der Waals surface area contributed by atoms with Gasteiger partial charge in [-0.15, -0.1) is 0 Å². The van der Waals surface area contributed by atoms with Crippen molar-refractivity contribution in [3.05, 3.63) is 41.2 Å². The van der Waals surface area contributed by atoms with E-state index in [1.54, 1.807) is 25.1 Å². The van der Waals surface area contributed by atoms with Crippen LogP contribution in [0.25, 0.3) is 11.1 Å². The van der Waals surface area contributed by atoms with Crippen LogP contribution in [0.4, 0.5) is 10.1 Å². The molecule has 0 saturated heterocycles. The Kier molecular flexibility index (Phi) is 4.90. The number of methoxy groups -OCH3 is 2. The number of benzene rings is 2. The second-order valence-corrected chi connectivity index (χ2v) is 5.79. The Morgan fingerprint density at radius 1 is 1.18 bits per heavy atom. The zero-order valence-electron chi connectivity index (χ0n) is 12.5. The summed E-state index contributed by atoms with van der Waals surface area (Å²) in [7, 11) is 2.93. The van der Waals surface area contributed by atoms with E-state index in [-0.39, 0.29) is 5.75 Å². The maximum Gasteiger partial charge on any atom is 0.173 e. The molecular formula is C16H16FIN2O2. The third-order valence-electron chi connectivity index (χ3n) is 3.46. The van der Waals surface area contributed by atoms with E-state index in [1.807, 2.05) is 22.6 Å². The van der Waals surface area contributed by atoms with Gasteiger partial charge in [0.25, 0.3) is 0 Å². The summed E-state index contributed by atoms with van der Waals surface area (Å²) in [6.07, 6.45) is 0. The molecule has 4 nitrogen and oxygen atoms in total. The molecule has 0 amide bonds. The van der Waals surface area contributed by atoms with Gasteiger partial charge in [-0.2, -0.15) is 0 Å². The van der Waals surface area contributed by atoms with Crippen LogP contribution in [0.2, 0.25) is 0 Å². The van der Waals surface area contributed by atoms with Crippen molar-refractivity contribution in [1.29, 1.82) is 5.41 Å². The number of nitrogen functional groups attached to an aromatic ring is 1. The van der Waals surface area contributed by atoms with E-state index in [0.717, 1.165) is 0 Å². The summed E-state index contributed by atoms with van der Waals surface area (Å²) in [5.41, 5.74) is 8.69. The summed E-state index contributed by atoms with van der Waals surface area (Å²) < 4.78 is 25.4. The fourth-order valence-electron chi connectivity index (χ4n) is 2.32. The molecule has 0 saturated carbocycles. The van der Waals surface area contributed by atoms with Crippen molar-refractivity contribution >= 4 is 32.0 Å². The lowest BCUT2D eigenvalue weighted by molar-refractivity contribution is 0.373. The molecule has 0 aliphatic rings. The predicted molar refractivity (Wildman–Crippen MR) is 94.9 cm³/mol. The van der Waals surface area contributed by atoms with Crippen molar-refractivity contribution in [2.45, 2.75) is 6.92 Å². The fraction of sp³-hybridized carbons (Fsp3) is 0.188. The second-order valence-electron chi connectivity index (χ2n) is 4.71. The van der Waals surface area contributed by atoms with Crippen molar-refractivity contribution in [2.24, 2.45) is 0 Å². The van der Waals surface area contributed by atoms with Gasteiger partial charge < -0.3 is 15.2 Å². The van der Waals surface area contributed by atoms with Crippen molar-refractivity contribution in [3.63, 3.8) is 0 Å². The zero-order chi connectivity index (χ0) is 16.4. The fourth-order valence-corrected chi connectivity index (χ4v) is 2.81. The molecule has 0 unspecified atom stereocenters. The standard InChI is InChI=1S/C16H16FIN2O2/c1-8-12(21-2)7-13(22-3)15(17)14(8)9-4-5-10(16(18)20)11(19)6-9/h4-7,20H,19H2,1-3H3. The zero-order valence-corrected chi connectivity index (χ0v) is 14.6. The Bertz CT molecular complexity index is 719. The minimum Gasteiger partial charge on any atom is -0.496 e. The monoisotopic (exact) mass is 414 g/mol. The molecule has 0 aliphatic carbocycles. The van der Waals surface area contributed by atoms with Gasteiger partial charge in [0.05, 0.1) is 14.2 Å². The first-order valence-corrected chi connectivity index (χ1v) is 7.54. The number of nitrogens with two attached hydrogens (primary N) is 1. The highest BCUT2D eigenvalue weighted by molar-refractivity contribution is 14.1. The van der Waals surface area contributed by atoms with Gasteiger partial charge in [0.1, 0.15) is 9.47 Å². The molecule has 0 spiro atoms. The molecule has 2 rings (SSSR count). The summed E-state index contributed by atoms with van der Waals surface area (Å²) in [6, 6.07) is 6.63. The first-order valence-electron chi connectivity index (χ1n) is 6.46. The number of nitrogens with one attached hydrogen (secondary N) is 1. The lowest BCUT2D eigenvalue weighted by atomic mass is 9.97. The van der Waals surface area contributed by atoms with E-state index in [1.165, 1.54) is 20.3 Å². The van der Waals surface area contributed by atoms with Gasteiger partial charge in [-0.3, -0.25) is 5.41 Å². The Morgan fingerprint density at radius 2 is 1.82 bits per heavy atom. The smallest absolute Gasteiger partial charge is 0.173 e. The molecule has 0 heterocycles. The quantitative estimate of drug-likeness (QED) is 0.449. The van der Waals surface area contributed by atoms with Crippen LogP contribution in [-0.2, 0) is 0 Å². The molecule has 2 aromatic rings. The first kappa shape index (κ1) is 16.5. The van der Waals surface area contributed by atoms with Gasteiger partial charge >= 0.3 is 0 Å². The summed E-state index contributed by atoms with van der Waals surface area (Å²) in [6.45, 7) is 1.78. The van der Waals surface area contributed by atoms with E-state index >= 15 is 0 Å². The predicted octanol–water partition coefficient (Wildman–Crippen LogP) is 4.16. The lowest BCUT2D eigenvalue weighted by Crippen LogP contribution is -2.01. The Balaban J connectivity index is 2.71. The molecule has 0 bridgehead atoms. The first-order chi connectivity index (χ1) is 10.4. The van der Waals surface area contributed by atoms with Crippen molar-refractivity contribution in [1.82, 2.24) is 0 Å². The van der Waals surface area contributed by atoms with E-state index in [0.29, 0.717) is 37.4 Å². The molecule has 0 atom stereocenters. The van der Waals surface area contributed by atoms with Crippen LogP contribution >= 0.6 is 22.6 Å². The summed E-state index contributed by atoms with van der Waals surface area (Å²) in [5, 5.41) is 7.66. The van der Waals surface area contributed by atoms with Crippen LogP contribution in [0.15, 0.2) is 24.3 Å². The lowest BCUT2D eigenvalue weighted by Gasteiger charge is -2.16. The molecule has 22 heavy (non-hydrogen) atoms. The molecule has 0 aliphatic heterocycles. The van der Waals surface area contributed by atoms with Gasteiger partial charge in [0.2, 0.25) is 0 Å². The highest BCUT2D eigenvalue weighted by Gasteiger charge is 2.19. The van der Waals surface area contributed by atoms with Crippen LogP contribution in [0.1, 0.15) is 11.1 Å². The average Bonchev–Trinajstić information content (AvgIpc) is 2.47. The van der Waals surface area contributed by atoms with E-state index in [4.69, 9.17) is 20.6 Å². The van der Waals surface area contributed by atoms with E-state index < -0.39 is 5.82 Å². The van der Waals surface area contributed by atoms with Crippen LogP contribution in [0.5, 0.6) is 11.5 Å². The Morgan fingerprint density at radius 3 is 2.32 bits per heavy atom. The SMILES string of the molecule is COc1cc(OC)c(F)c(-c2ccc(C(=N)I)c(N)c2)c1C. The Labute approximate surface area is 142 Å².